The molecule has 0 aliphatic heterocycles. The van der Waals surface area contributed by atoms with Crippen molar-refractivity contribution in [3.63, 3.8) is 0 Å². The lowest BCUT2D eigenvalue weighted by molar-refractivity contribution is 0.0303. The molecular formula is C10H17NO. The summed E-state index contributed by atoms with van der Waals surface area (Å²) in [4.78, 5) is 0. The largest absolute Gasteiger partial charge is 0.411 e. The van der Waals surface area contributed by atoms with Crippen molar-refractivity contribution in [3.05, 3.63) is 0 Å². The lowest BCUT2D eigenvalue weighted by Gasteiger charge is -2.46. The van der Waals surface area contributed by atoms with Crippen molar-refractivity contribution in [2.75, 3.05) is 0 Å². The topological polar surface area (TPSA) is 32.6 Å². The molecule has 2 fully saturated rings. The average Bonchev–Trinajstić information content (AvgIpc) is 2.07. The van der Waals surface area contributed by atoms with Crippen molar-refractivity contribution in [1.29, 1.82) is 0 Å². The maximum atomic E-state index is 8.87. The van der Waals surface area contributed by atoms with Gasteiger partial charge in [-0.05, 0) is 30.6 Å². The van der Waals surface area contributed by atoms with Crippen LogP contribution in [0.1, 0.15) is 40.0 Å². The van der Waals surface area contributed by atoms with Gasteiger partial charge in [-0.15, -0.1) is 0 Å². The van der Waals surface area contributed by atoms with Crippen molar-refractivity contribution >= 4 is 5.71 Å². The zero-order valence-electron chi connectivity index (χ0n) is 8.09. The quantitative estimate of drug-likeness (QED) is 0.436. The average molecular weight is 167 g/mol. The van der Waals surface area contributed by atoms with E-state index in [0.717, 1.165) is 18.1 Å². The summed E-state index contributed by atoms with van der Waals surface area (Å²) in [5, 5.41) is 12.3. The number of hydrogen-bond acceptors (Lipinski definition) is 2. The number of fused-ring (bicyclic) bond motifs is 1. The lowest BCUT2D eigenvalue weighted by Crippen LogP contribution is -2.39. The van der Waals surface area contributed by atoms with Crippen molar-refractivity contribution in [2.45, 2.75) is 40.0 Å². The Balaban J connectivity index is 2.36. The molecule has 0 aromatic rings. The van der Waals surface area contributed by atoms with Crippen LogP contribution in [-0.2, 0) is 0 Å². The highest BCUT2D eigenvalue weighted by atomic mass is 16.4. The Hall–Kier alpha value is -0.530. The molecule has 0 aromatic carbocycles. The molecule has 68 valence electrons. The normalized spacial score (nSPS) is 47.2. The summed E-state index contributed by atoms with van der Waals surface area (Å²) < 4.78 is 0. The number of hydrogen-bond donors (Lipinski definition) is 1. The van der Waals surface area contributed by atoms with Crippen LogP contribution < -0.4 is 0 Å². The Labute approximate surface area is 73.7 Å². The lowest BCUT2D eigenvalue weighted by atomic mass is 9.58. The Morgan fingerprint density at radius 1 is 1.42 bits per heavy atom. The van der Waals surface area contributed by atoms with Gasteiger partial charge in [0.05, 0.1) is 5.71 Å². The molecule has 0 saturated heterocycles. The summed E-state index contributed by atoms with van der Waals surface area (Å²) >= 11 is 0. The van der Waals surface area contributed by atoms with E-state index in [1.54, 1.807) is 0 Å². The monoisotopic (exact) mass is 167 g/mol. The van der Waals surface area contributed by atoms with Crippen LogP contribution in [0, 0.1) is 16.7 Å². The van der Waals surface area contributed by atoms with E-state index in [1.807, 2.05) is 0 Å². The molecule has 0 aromatic heterocycles. The molecule has 2 aliphatic carbocycles. The molecule has 2 saturated carbocycles. The first-order valence-electron chi connectivity index (χ1n) is 4.72. The molecule has 12 heavy (non-hydrogen) atoms. The van der Waals surface area contributed by atoms with Gasteiger partial charge in [0.15, 0.2) is 0 Å². The Morgan fingerprint density at radius 3 is 2.33 bits per heavy atom. The molecule has 0 amide bonds. The van der Waals surface area contributed by atoms with Crippen LogP contribution in [0.5, 0.6) is 0 Å². The highest BCUT2D eigenvalue weighted by Crippen LogP contribution is 2.63. The van der Waals surface area contributed by atoms with Crippen molar-refractivity contribution in [1.82, 2.24) is 0 Å². The van der Waals surface area contributed by atoms with Gasteiger partial charge in [0.2, 0.25) is 0 Å². The first kappa shape index (κ1) is 8.09. The molecule has 2 nitrogen and oxygen atoms in total. The summed E-state index contributed by atoms with van der Waals surface area (Å²) in [5.41, 5.74) is 1.60. The molecule has 2 rings (SSSR count). The molecule has 0 bridgehead atoms. The minimum Gasteiger partial charge on any atom is -0.411 e. The zero-order valence-corrected chi connectivity index (χ0v) is 8.09. The predicted molar refractivity (Wildman–Crippen MR) is 48.5 cm³/mol. The third-order valence-electron chi connectivity index (χ3n) is 4.15. The SMILES string of the molecule is CC12CCC1C(C)(C)/C(=N/O)C2. The van der Waals surface area contributed by atoms with E-state index in [9.17, 15) is 0 Å². The maximum absolute atomic E-state index is 8.87. The molecule has 2 aliphatic rings. The Morgan fingerprint density at radius 2 is 2.08 bits per heavy atom. The molecule has 2 unspecified atom stereocenters. The van der Waals surface area contributed by atoms with Crippen molar-refractivity contribution < 1.29 is 5.21 Å². The highest BCUT2D eigenvalue weighted by Gasteiger charge is 2.58. The summed E-state index contributed by atoms with van der Waals surface area (Å²) in [7, 11) is 0. The van der Waals surface area contributed by atoms with Gasteiger partial charge in [0, 0.05) is 5.41 Å². The van der Waals surface area contributed by atoms with Gasteiger partial charge >= 0.3 is 0 Å². The first-order chi connectivity index (χ1) is 5.50. The van der Waals surface area contributed by atoms with Crippen LogP contribution in [0.3, 0.4) is 0 Å². The fourth-order valence-electron chi connectivity index (χ4n) is 3.20. The molecule has 2 heteroatoms. The van der Waals surface area contributed by atoms with Crippen LogP contribution in [0.15, 0.2) is 5.16 Å². The summed E-state index contributed by atoms with van der Waals surface area (Å²) in [5.74, 6) is 0.746. The van der Waals surface area contributed by atoms with Crippen LogP contribution in [-0.4, -0.2) is 10.9 Å². The van der Waals surface area contributed by atoms with E-state index >= 15 is 0 Å². The Kier molecular flexibility index (Phi) is 1.37. The van der Waals surface area contributed by atoms with Crippen molar-refractivity contribution in [3.8, 4) is 0 Å². The van der Waals surface area contributed by atoms with E-state index < -0.39 is 0 Å². The summed E-state index contributed by atoms with van der Waals surface area (Å²) in [6.45, 7) is 6.73. The van der Waals surface area contributed by atoms with Crippen LogP contribution in [0.25, 0.3) is 0 Å². The number of rotatable bonds is 0. The van der Waals surface area contributed by atoms with E-state index in [0.29, 0.717) is 5.41 Å². The standard InChI is InChI=1S/C10H17NO/c1-9(2)7-4-5-10(7,3)6-8(9)11-12/h7,12H,4-6H2,1-3H3/b11-8+. The molecule has 0 radical (unpaired) electrons. The van der Waals surface area contributed by atoms with E-state index in [2.05, 4.69) is 25.9 Å². The van der Waals surface area contributed by atoms with E-state index in [-0.39, 0.29) is 5.41 Å². The van der Waals surface area contributed by atoms with Gasteiger partial charge < -0.3 is 5.21 Å². The first-order valence-corrected chi connectivity index (χ1v) is 4.72. The summed E-state index contributed by atoms with van der Waals surface area (Å²) in [6, 6.07) is 0. The van der Waals surface area contributed by atoms with Gasteiger partial charge in [-0.3, -0.25) is 0 Å². The second-order valence-corrected chi connectivity index (χ2v) is 5.19. The van der Waals surface area contributed by atoms with Gasteiger partial charge in [0.25, 0.3) is 0 Å². The third-order valence-corrected chi connectivity index (χ3v) is 4.15. The fourth-order valence-corrected chi connectivity index (χ4v) is 3.20. The zero-order chi connectivity index (χ0) is 8.98. The van der Waals surface area contributed by atoms with E-state index in [4.69, 9.17) is 5.21 Å². The molecule has 0 spiro atoms. The molecule has 0 heterocycles. The number of nitrogens with zero attached hydrogens (tertiary/aromatic N) is 1. The third kappa shape index (κ3) is 0.732. The van der Waals surface area contributed by atoms with Crippen LogP contribution >= 0.6 is 0 Å². The van der Waals surface area contributed by atoms with Gasteiger partial charge in [-0.2, -0.15) is 0 Å². The van der Waals surface area contributed by atoms with E-state index in [1.165, 1.54) is 12.8 Å². The predicted octanol–water partition coefficient (Wildman–Crippen LogP) is 2.66. The Bertz CT molecular complexity index is 244. The second-order valence-electron chi connectivity index (χ2n) is 5.19. The van der Waals surface area contributed by atoms with Gasteiger partial charge in [-0.1, -0.05) is 25.9 Å². The minimum atomic E-state index is 0.141. The highest BCUT2D eigenvalue weighted by molar-refractivity contribution is 5.92. The van der Waals surface area contributed by atoms with Gasteiger partial charge in [0.1, 0.15) is 0 Å². The number of oxime groups is 1. The second kappa shape index (κ2) is 2.04. The smallest absolute Gasteiger partial charge is 0.0635 e. The van der Waals surface area contributed by atoms with Crippen LogP contribution in [0.4, 0.5) is 0 Å². The summed E-state index contributed by atoms with van der Waals surface area (Å²) in [6.07, 6.45) is 3.61. The molecular weight excluding hydrogens is 150 g/mol. The maximum Gasteiger partial charge on any atom is 0.0635 e. The fraction of sp³-hybridized carbons (Fsp3) is 0.900. The molecule has 2 atom stereocenters. The molecule has 1 N–H and O–H groups in total. The minimum absolute atomic E-state index is 0.141. The van der Waals surface area contributed by atoms with Crippen molar-refractivity contribution in [2.24, 2.45) is 21.9 Å². The van der Waals surface area contributed by atoms with Gasteiger partial charge in [-0.25, -0.2) is 0 Å². The van der Waals surface area contributed by atoms with Crippen LogP contribution in [0.2, 0.25) is 0 Å².